The van der Waals surface area contributed by atoms with Crippen molar-refractivity contribution in [1.82, 2.24) is 24.4 Å². The topological polar surface area (TPSA) is 97.3 Å². The molecule has 31 heavy (non-hydrogen) atoms. The van der Waals surface area contributed by atoms with E-state index in [2.05, 4.69) is 25.2 Å². The summed E-state index contributed by atoms with van der Waals surface area (Å²) in [5.41, 5.74) is 1.44. The Kier molecular flexibility index (Phi) is 7.09. The number of nitrogens with zero attached hydrogens (tertiary/aromatic N) is 4. The summed E-state index contributed by atoms with van der Waals surface area (Å²) in [4.78, 5) is 26.3. The summed E-state index contributed by atoms with van der Waals surface area (Å²) in [6.07, 6.45) is 1.60. The standard InChI is InChI=1S/C20H24Cl2N6O3/c1-13(27-4-7-30-8-5-27)31-9-6-28-12-24-18-17(28)19(29)26-20(25-18)23-11-14-2-3-15(21)16(22)10-14/h2-3,10,12-13H,4-9,11H2,1H3,(H2,23,25,26,29). The van der Waals surface area contributed by atoms with E-state index < -0.39 is 0 Å². The average molecular weight is 467 g/mol. The molecule has 1 atom stereocenters. The van der Waals surface area contributed by atoms with Crippen LogP contribution < -0.4 is 10.9 Å². The molecule has 0 saturated carbocycles. The van der Waals surface area contributed by atoms with Gasteiger partial charge in [-0.3, -0.25) is 14.7 Å². The van der Waals surface area contributed by atoms with Crippen LogP contribution in [0.15, 0.2) is 29.3 Å². The molecule has 0 bridgehead atoms. The van der Waals surface area contributed by atoms with Gasteiger partial charge in [0.05, 0.1) is 36.2 Å². The summed E-state index contributed by atoms with van der Waals surface area (Å²) in [6, 6.07) is 5.34. The fourth-order valence-electron chi connectivity index (χ4n) is 3.44. The van der Waals surface area contributed by atoms with Crippen molar-refractivity contribution >= 4 is 40.3 Å². The van der Waals surface area contributed by atoms with E-state index in [0.717, 1.165) is 31.9 Å². The molecule has 0 radical (unpaired) electrons. The molecule has 1 aromatic carbocycles. The molecule has 4 rings (SSSR count). The monoisotopic (exact) mass is 466 g/mol. The number of aromatic nitrogens is 4. The molecule has 2 N–H and O–H groups in total. The minimum atomic E-state index is -0.264. The molecule has 2 aromatic heterocycles. The quantitative estimate of drug-likeness (QED) is 0.526. The maximum Gasteiger partial charge on any atom is 0.278 e. The number of halogens is 2. The summed E-state index contributed by atoms with van der Waals surface area (Å²) < 4.78 is 13.1. The van der Waals surface area contributed by atoms with E-state index in [0.29, 0.717) is 46.9 Å². The normalized spacial score (nSPS) is 16.0. The molecule has 0 spiro atoms. The number of ether oxygens (including phenoxy) is 2. The molecule has 0 aliphatic carbocycles. The van der Waals surface area contributed by atoms with Crippen molar-refractivity contribution < 1.29 is 9.47 Å². The van der Waals surface area contributed by atoms with Crippen molar-refractivity contribution in [2.24, 2.45) is 0 Å². The van der Waals surface area contributed by atoms with Gasteiger partial charge in [-0.2, -0.15) is 4.98 Å². The highest BCUT2D eigenvalue weighted by Crippen LogP contribution is 2.22. The maximum absolute atomic E-state index is 12.6. The number of hydrogen-bond donors (Lipinski definition) is 2. The minimum absolute atomic E-state index is 0.00716. The molecule has 1 saturated heterocycles. The minimum Gasteiger partial charge on any atom is -0.379 e. The Morgan fingerprint density at radius 3 is 2.87 bits per heavy atom. The zero-order valence-corrected chi connectivity index (χ0v) is 18.6. The molecule has 3 heterocycles. The number of aromatic amines is 1. The second kappa shape index (κ2) is 9.97. The summed E-state index contributed by atoms with van der Waals surface area (Å²) in [7, 11) is 0. The van der Waals surface area contributed by atoms with Crippen molar-refractivity contribution in [1.29, 1.82) is 0 Å². The fourth-order valence-corrected chi connectivity index (χ4v) is 3.76. The summed E-state index contributed by atoms with van der Waals surface area (Å²) in [6.45, 7) is 6.59. The van der Waals surface area contributed by atoms with E-state index in [-0.39, 0.29) is 11.8 Å². The van der Waals surface area contributed by atoms with Crippen molar-refractivity contribution in [3.63, 3.8) is 0 Å². The third kappa shape index (κ3) is 5.36. The van der Waals surface area contributed by atoms with Crippen LogP contribution in [0.4, 0.5) is 5.95 Å². The van der Waals surface area contributed by atoms with Gasteiger partial charge in [0.2, 0.25) is 5.95 Å². The largest absolute Gasteiger partial charge is 0.379 e. The van der Waals surface area contributed by atoms with Crippen LogP contribution in [0, 0.1) is 0 Å². The number of fused-ring (bicyclic) bond motifs is 1. The second-order valence-electron chi connectivity index (χ2n) is 7.25. The number of morpholine rings is 1. The predicted octanol–water partition coefficient (Wildman–Crippen LogP) is 2.73. The van der Waals surface area contributed by atoms with Gasteiger partial charge in [0.25, 0.3) is 5.56 Å². The molecule has 11 heteroatoms. The van der Waals surface area contributed by atoms with Crippen LogP contribution in [0.3, 0.4) is 0 Å². The smallest absolute Gasteiger partial charge is 0.278 e. The highest BCUT2D eigenvalue weighted by molar-refractivity contribution is 6.42. The first kappa shape index (κ1) is 22.0. The summed E-state index contributed by atoms with van der Waals surface area (Å²) in [5.74, 6) is 0.339. The van der Waals surface area contributed by atoms with Crippen LogP contribution in [0.2, 0.25) is 10.0 Å². The Morgan fingerprint density at radius 1 is 1.29 bits per heavy atom. The molecule has 166 valence electrons. The number of anilines is 1. The molecule has 1 fully saturated rings. The highest BCUT2D eigenvalue weighted by Gasteiger charge is 2.17. The van der Waals surface area contributed by atoms with Gasteiger partial charge in [-0.15, -0.1) is 0 Å². The molecule has 3 aromatic rings. The Morgan fingerprint density at radius 2 is 2.10 bits per heavy atom. The lowest BCUT2D eigenvalue weighted by Crippen LogP contribution is -2.43. The number of H-pyrrole nitrogens is 1. The number of imidazole rings is 1. The van der Waals surface area contributed by atoms with Gasteiger partial charge in [0.1, 0.15) is 6.23 Å². The molecular formula is C20H24Cl2N6O3. The van der Waals surface area contributed by atoms with Gasteiger partial charge in [-0.1, -0.05) is 29.3 Å². The van der Waals surface area contributed by atoms with E-state index in [4.69, 9.17) is 32.7 Å². The van der Waals surface area contributed by atoms with E-state index in [9.17, 15) is 4.79 Å². The molecule has 9 nitrogen and oxygen atoms in total. The van der Waals surface area contributed by atoms with Gasteiger partial charge >= 0.3 is 0 Å². The molecule has 0 amide bonds. The SMILES string of the molecule is CC(OCCn1cnc2nc(NCc3ccc(Cl)c(Cl)c3)[nH]c(=O)c21)N1CCOCC1. The van der Waals surface area contributed by atoms with Gasteiger partial charge in [0, 0.05) is 26.2 Å². The zero-order chi connectivity index (χ0) is 21.8. The molecular weight excluding hydrogens is 443 g/mol. The van der Waals surface area contributed by atoms with Crippen LogP contribution >= 0.6 is 23.2 Å². The zero-order valence-electron chi connectivity index (χ0n) is 17.1. The predicted molar refractivity (Wildman–Crippen MR) is 120 cm³/mol. The van der Waals surface area contributed by atoms with Gasteiger partial charge in [-0.25, -0.2) is 4.98 Å². The summed E-state index contributed by atoms with van der Waals surface area (Å²) >= 11 is 12.0. The second-order valence-corrected chi connectivity index (χ2v) is 8.06. The molecule has 1 aliphatic heterocycles. The lowest BCUT2D eigenvalue weighted by Gasteiger charge is -2.32. The molecule has 1 unspecified atom stereocenters. The Labute approximate surface area is 189 Å². The van der Waals surface area contributed by atoms with Crippen molar-refractivity contribution in [2.45, 2.75) is 26.2 Å². The van der Waals surface area contributed by atoms with E-state index >= 15 is 0 Å². The number of nitrogens with one attached hydrogen (secondary N) is 2. The highest BCUT2D eigenvalue weighted by atomic mass is 35.5. The van der Waals surface area contributed by atoms with E-state index in [1.807, 2.05) is 13.0 Å². The Hall–Kier alpha value is -2.17. The Balaban J connectivity index is 1.38. The van der Waals surface area contributed by atoms with Crippen molar-refractivity contribution in [3.8, 4) is 0 Å². The first-order chi connectivity index (χ1) is 15.0. The number of rotatable bonds is 8. The van der Waals surface area contributed by atoms with Crippen LogP contribution in [-0.2, 0) is 22.6 Å². The lowest BCUT2D eigenvalue weighted by atomic mass is 10.2. The van der Waals surface area contributed by atoms with Gasteiger partial charge in [-0.05, 0) is 24.6 Å². The number of hydrogen-bond acceptors (Lipinski definition) is 7. The van der Waals surface area contributed by atoms with Crippen molar-refractivity contribution in [2.75, 3.05) is 38.2 Å². The van der Waals surface area contributed by atoms with Crippen LogP contribution in [-0.4, -0.2) is 63.6 Å². The van der Waals surface area contributed by atoms with E-state index in [1.165, 1.54) is 0 Å². The third-order valence-corrected chi connectivity index (χ3v) is 5.92. The first-order valence-electron chi connectivity index (χ1n) is 10.1. The van der Waals surface area contributed by atoms with Crippen LogP contribution in [0.5, 0.6) is 0 Å². The summed E-state index contributed by atoms with van der Waals surface area (Å²) in [5, 5.41) is 4.05. The average Bonchev–Trinajstić information content (AvgIpc) is 3.18. The van der Waals surface area contributed by atoms with Gasteiger partial charge in [0.15, 0.2) is 11.2 Å². The van der Waals surface area contributed by atoms with Crippen LogP contribution in [0.25, 0.3) is 11.2 Å². The van der Waals surface area contributed by atoms with Crippen LogP contribution in [0.1, 0.15) is 12.5 Å². The fraction of sp³-hybridized carbons (Fsp3) is 0.450. The third-order valence-electron chi connectivity index (χ3n) is 5.18. The lowest BCUT2D eigenvalue weighted by molar-refractivity contribution is -0.0879. The molecule has 1 aliphatic rings. The first-order valence-corrected chi connectivity index (χ1v) is 10.8. The maximum atomic E-state index is 12.6. The van der Waals surface area contributed by atoms with Gasteiger partial charge < -0.3 is 19.4 Å². The van der Waals surface area contributed by atoms with Crippen molar-refractivity contribution in [3.05, 3.63) is 50.5 Å². The van der Waals surface area contributed by atoms with E-state index in [1.54, 1.807) is 23.0 Å². The Bertz CT molecular complexity index is 1100. The number of benzene rings is 1.